The van der Waals surface area contributed by atoms with Gasteiger partial charge in [-0.2, -0.15) is 0 Å². The van der Waals surface area contributed by atoms with Gasteiger partial charge in [-0.1, -0.05) is 0 Å². The van der Waals surface area contributed by atoms with Crippen molar-refractivity contribution in [3.63, 3.8) is 0 Å². The molecule has 1 aromatic heterocycles. The highest BCUT2D eigenvalue weighted by Gasteiger charge is 2.38. The van der Waals surface area contributed by atoms with E-state index < -0.39 is 18.2 Å². The summed E-state index contributed by atoms with van der Waals surface area (Å²) in [7, 11) is 0. The van der Waals surface area contributed by atoms with E-state index in [0.29, 0.717) is 19.4 Å². The van der Waals surface area contributed by atoms with Crippen LogP contribution in [-0.2, 0) is 14.3 Å². The molecule has 7 heteroatoms. The van der Waals surface area contributed by atoms with Gasteiger partial charge in [0.25, 0.3) is 5.91 Å². The Kier molecular flexibility index (Phi) is 4.44. The van der Waals surface area contributed by atoms with Gasteiger partial charge in [-0.05, 0) is 32.6 Å². The van der Waals surface area contributed by atoms with Crippen LogP contribution in [0.1, 0.15) is 42.3 Å². The summed E-state index contributed by atoms with van der Waals surface area (Å²) >= 11 is 1.65. The lowest BCUT2D eigenvalue weighted by Gasteiger charge is -2.33. The number of carbonyl (C=O) groups excluding carboxylic acids is 1. The number of aryl methyl sites for hydroxylation is 1. The first kappa shape index (κ1) is 15.4. The number of nitrogens with zero attached hydrogens (tertiary/aromatic N) is 2. The van der Waals surface area contributed by atoms with E-state index in [9.17, 15) is 9.59 Å². The Bertz CT molecular complexity index is 574. The molecule has 3 rings (SSSR count). The minimum atomic E-state index is -0.981. The third kappa shape index (κ3) is 3.15. The maximum absolute atomic E-state index is 12.5. The highest BCUT2D eigenvalue weighted by Crippen LogP contribution is 2.30. The zero-order valence-corrected chi connectivity index (χ0v) is 13.3. The van der Waals surface area contributed by atoms with Gasteiger partial charge in [-0.25, -0.2) is 9.78 Å². The molecule has 3 atom stereocenters. The van der Waals surface area contributed by atoms with Crippen molar-refractivity contribution >= 4 is 23.2 Å². The Morgan fingerprint density at radius 3 is 2.77 bits per heavy atom. The van der Waals surface area contributed by atoms with Crippen LogP contribution in [0, 0.1) is 6.92 Å². The highest BCUT2D eigenvalue weighted by atomic mass is 32.1. The van der Waals surface area contributed by atoms with Crippen molar-refractivity contribution in [1.29, 1.82) is 0 Å². The van der Waals surface area contributed by atoms with Gasteiger partial charge < -0.3 is 14.7 Å². The van der Waals surface area contributed by atoms with Gasteiger partial charge in [0.2, 0.25) is 0 Å². The number of hydrogen-bond acceptors (Lipinski definition) is 5. The Morgan fingerprint density at radius 1 is 1.36 bits per heavy atom. The number of carbonyl (C=O) groups is 2. The minimum Gasteiger partial charge on any atom is -0.479 e. The summed E-state index contributed by atoms with van der Waals surface area (Å²) in [6.07, 6.45) is 1.46. The quantitative estimate of drug-likeness (QED) is 0.917. The molecule has 1 amide bonds. The number of aromatic nitrogens is 1. The van der Waals surface area contributed by atoms with Crippen molar-refractivity contribution in [3.05, 3.63) is 16.1 Å². The van der Waals surface area contributed by atoms with E-state index in [1.807, 2.05) is 17.2 Å². The molecule has 1 unspecified atom stereocenters. The van der Waals surface area contributed by atoms with Crippen LogP contribution in [0.5, 0.6) is 0 Å². The predicted molar refractivity (Wildman–Crippen MR) is 80.9 cm³/mol. The average molecular weight is 324 g/mol. The van der Waals surface area contributed by atoms with E-state index in [1.165, 1.54) is 0 Å². The smallest absolute Gasteiger partial charge is 0.332 e. The van der Waals surface area contributed by atoms with E-state index in [1.54, 1.807) is 11.3 Å². The first-order valence-electron chi connectivity index (χ1n) is 7.63. The van der Waals surface area contributed by atoms with Gasteiger partial charge in [0, 0.05) is 30.1 Å². The summed E-state index contributed by atoms with van der Waals surface area (Å²) in [6.45, 7) is 3.35. The lowest BCUT2D eigenvalue weighted by atomic mass is 9.98. The topological polar surface area (TPSA) is 79.7 Å². The Hall–Kier alpha value is -1.47. The SMILES string of the molecule is Cc1csc(C2CCCN(C(=O)[C@@H]3CC[C@H](C(=O)O)O3)C2)n1. The monoisotopic (exact) mass is 324 g/mol. The second kappa shape index (κ2) is 6.34. The average Bonchev–Trinajstić information content (AvgIpc) is 3.15. The first-order valence-corrected chi connectivity index (χ1v) is 8.51. The van der Waals surface area contributed by atoms with Crippen molar-refractivity contribution < 1.29 is 19.4 Å². The molecule has 0 radical (unpaired) electrons. The number of likely N-dealkylation sites (tertiary alicyclic amines) is 1. The number of amides is 1. The minimum absolute atomic E-state index is 0.0678. The van der Waals surface area contributed by atoms with Gasteiger partial charge in [0.1, 0.15) is 6.10 Å². The number of carboxylic acids is 1. The third-order valence-electron chi connectivity index (χ3n) is 4.29. The molecule has 2 saturated heterocycles. The number of carboxylic acid groups (broad SMARTS) is 1. The summed E-state index contributed by atoms with van der Waals surface area (Å²) in [6, 6.07) is 0. The van der Waals surface area contributed by atoms with Crippen LogP contribution in [-0.4, -0.2) is 52.2 Å². The summed E-state index contributed by atoms with van der Waals surface area (Å²) in [4.78, 5) is 29.8. The molecular weight excluding hydrogens is 304 g/mol. The third-order valence-corrected chi connectivity index (χ3v) is 5.41. The van der Waals surface area contributed by atoms with E-state index in [-0.39, 0.29) is 11.8 Å². The predicted octanol–water partition coefficient (Wildman–Crippen LogP) is 1.79. The lowest BCUT2D eigenvalue weighted by Crippen LogP contribution is -2.44. The number of ether oxygens (including phenoxy) is 1. The van der Waals surface area contributed by atoms with Crippen molar-refractivity contribution in [3.8, 4) is 0 Å². The Labute approximate surface area is 133 Å². The summed E-state index contributed by atoms with van der Waals surface area (Å²) < 4.78 is 5.38. The summed E-state index contributed by atoms with van der Waals surface area (Å²) in [5.74, 6) is -0.764. The largest absolute Gasteiger partial charge is 0.479 e. The molecule has 3 heterocycles. The van der Waals surface area contributed by atoms with Gasteiger partial charge >= 0.3 is 5.97 Å². The van der Waals surface area contributed by atoms with Gasteiger partial charge in [-0.3, -0.25) is 4.79 Å². The fourth-order valence-electron chi connectivity index (χ4n) is 3.14. The van der Waals surface area contributed by atoms with Crippen LogP contribution in [0.25, 0.3) is 0 Å². The van der Waals surface area contributed by atoms with Crippen LogP contribution in [0.15, 0.2) is 5.38 Å². The van der Waals surface area contributed by atoms with E-state index in [4.69, 9.17) is 9.84 Å². The fourth-order valence-corrected chi connectivity index (χ4v) is 4.07. The molecule has 120 valence electrons. The van der Waals surface area contributed by atoms with Gasteiger partial charge in [-0.15, -0.1) is 11.3 Å². The maximum atomic E-state index is 12.5. The molecule has 2 aliphatic heterocycles. The second-order valence-electron chi connectivity index (χ2n) is 5.98. The van der Waals surface area contributed by atoms with Crippen LogP contribution in [0.2, 0.25) is 0 Å². The maximum Gasteiger partial charge on any atom is 0.332 e. The summed E-state index contributed by atoms with van der Waals surface area (Å²) in [5.41, 5.74) is 1.02. The molecule has 0 spiro atoms. The molecular formula is C15H20N2O4S. The number of hydrogen-bond donors (Lipinski definition) is 1. The van der Waals surface area contributed by atoms with E-state index >= 15 is 0 Å². The highest BCUT2D eigenvalue weighted by molar-refractivity contribution is 7.09. The zero-order chi connectivity index (χ0) is 15.7. The summed E-state index contributed by atoms with van der Waals surface area (Å²) in [5, 5.41) is 12.1. The molecule has 1 N–H and O–H groups in total. The number of aliphatic carboxylic acids is 1. The number of rotatable bonds is 3. The van der Waals surface area contributed by atoms with Crippen molar-refractivity contribution in [2.75, 3.05) is 13.1 Å². The zero-order valence-electron chi connectivity index (χ0n) is 12.5. The lowest BCUT2D eigenvalue weighted by molar-refractivity contribution is -0.155. The molecule has 0 aliphatic carbocycles. The van der Waals surface area contributed by atoms with Crippen molar-refractivity contribution in [2.45, 2.75) is 50.7 Å². The van der Waals surface area contributed by atoms with Crippen LogP contribution in [0.4, 0.5) is 0 Å². The molecule has 2 fully saturated rings. The first-order chi connectivity index (χ1) is 10.5. The molecule has 2 aliphatic rings. The van der Waals surface area contributed by atoms with Crippen molar-refractivity contribution in [1.82, 2.24) is 9.88 Å². The molecule has 0 aromatic carbocycles. The van der Waals surface area contributed by atoms with E-state index in [0.717, 1.165) is 30.1 Å². The molecule has 22 heavy (non-hydrogen) atoms. The molecule has 1 aromatic rings. The normalized spacial score (nSPS) is 28.8. The fraction of sp³-hybridized carbons (Fsp3) is 0.667. The molecule has 6 nitrogen and oxygen atoms in total. The van der Waals surface area contributed by atoms with Gasteiger partial charge in [0.15, 0.2) is 6.10 Å². The van der Waals surface area contributed by atoms with Crippen LogP contribution in [0.3, 0.4) is 0 Å². The van der Waals surface area contributed by atoms with Crippen LogP contribution >= 0.6 is 11.3 Å². The molecule has 0 saturated carbocycles. The number of piperidine rings is 1. The van der Waals surface area contributed by atoms with Crippen molar-refractivity contribution in [2.24, 2.45) is 0 Å². The van der Waals surface area contributed by atoms with E-state index in [2.05, 4.69) is 4.98 Å². The Morgan fingerprint density at radius 2 is 2.14 bits per heavy atom. The molecule has 0 bridgehead atoms. The second-order valence-corrected chi connectivity index (χ2v) is 6.87. The van der Waals surface area contributed by atoms with Crippen LogP contribution < -0.4 is 0 Å². The number of thiazole rings is 1. The van der Waals surface area contributed by atoms with Gasteiger partial charge in [0.05, 0.1) is 5.01 Å². The standard InChI is InChI=1S/C15H20N2O4S/c1-9-8-22-13(16-9)10-3-2-6-17(7-10)14(18)11-4-5-12(21-11)15(19)20/h8,10-12H,2-7H2,1H3,(H,19,20)/t10?,11-,12+/m0/s1. The Balaban J connectivity index is 1.62.